The van der Waals surface area contributed by atoms with Crippen LogP contribution in [0.1, 0.15) is 43.7 Å². The smallest absolute Gasteiger partial charge is 0.247 e. The van der Waals surface area contributed by atoms with Crippen LogP contribution in [-0.4, -0.2) is 90.7 Å². The third kappa shape index (κ3) is 8.36. The van der Waals surface area contributed by atoms with Crippen molar-refractivity contribution in [3.63, 3.8) is 0 Å². The zero-order valence-electron chi connectivity index (χ0n) is 30.9. The van der Waals surface area contributed by atoms with Gasteiger partial charge in [0, 0.05) is 81.5 Å². The number of methoxy groups -OCH3 is 1. The quantitative estimate of drug-likeness (QED) is 0.145. The molecule has 4 heterocycles. The first kappa shape index (κ1) is 36.7. The molecule has 0 bridgehead atoms. The Morgan fingerprint density at radius 3 is 2.33 bits per heavy atom. The summed E-state index contributed by atoms with van der Waals surface area (Å²) in [5.41, 5.74) is 2.42. The summed E-state index contributed by atoms with van der Waals surface area (Å²) in [4.78, 5) is 35.2. The summed E-state index contributed by atoms with van der Waals surface area (Å²) in [6.45, 7) is 10.3. The summed E-state index contributed by atoms with van der Waals surface area (Å²) in [5.74, 6) is 0.878. The number of ether oxygens (including phenoxy) is 2. The Kier molecular flexibility index (Phi) is 10.8. The van der Waals surface area contributed by atoms with Gasteiger partial charge in [0.2, 0.25) is 5.91 Å². The Labute approximate surface area is 319 Å². The van der Waals surface area contributed by atoms with Gasteiger partial charge in [-0.05, 0) is 68.2 Å². The molecule has 14 heteroatoms. The highest BCUT2D eigenvalue weighted by Gasteiger charge is 2.35. The Bertz CT molecular complexity index is 2020. The number of piperazine rings is 1. The first-order valence-corrected chi connectivity index (χ1v) is 19.0. The van der Waals surface area contributed by atoms with Crippen LogP contribution in [-0.2, 0) is 9.63 Å². The third-order valence-electron chi connectivity index (χ3n) is 10.9. The number of carbonyl (C=O) groups is 1. The summed E-state index contributed by atoms with van der Waals surface area (Å²) in [6.07, 6.45) is 7.92. The van der Waals surface area contributed by atoms with E-state index >= 15 is 4.39 Å². The van der Waals surface area contributed by atoms with Crippen LogP contribution in [0.2, 0.25) is 0 Å². The average molecular weight is 753 g/mol. The number of rotatable bonds is 12. The van der Waals surface area contributed by atoms with Gasteiger partial charge in [-0.3, -0.25) is 19.4 Å². The second-order valence-corrected chi connectivity index (χ2v) is 14.4. The van der Waals surface area contributed by atoms with Crippen molar-refractivity contribution in [1.29, 1.82) is 0 Å². The highest BCUT2D eigenvalue weighted by Crippen LogP contribution is 2.41. The van der Waals surface area contributed by atoms with Crippen molar-refractivity contribution >= 4 is 34.6 Å². The van der Waals surface area contributed by atoms with E-state index in [1.165, 1.54) is 49.5 Å². The third-order valence-corrected chi connectivity index (χ3v) is 10.9. The maximum atomic E-state index is 15.3. The van der Waals surface area contributed by atoms with E-state index in [2.05, 4.69) is 41.9 Å². The lowest BCUT2D eigenvalue weighted by Gasteiger charge is -2.43. The molecule has 4 aromatic rings. The highest BCUT2D eigenvalue weighted by molar-refractivity contribution is 6.02. The van der Waals surface area contributed by atoms with Gasteiger partial charge in [-0.2, -0.15) is 0 Å². The number of carbonyl (C=O) groups excluding carboxylic acids is 1. The lowest BCUT2D eigenvalue weighted by molar-refractivity contribution is -0.111. The lowest BCUT2D eigenvalue weighted by atomic mass is 10.0. The fourth-order valence-electron chi connectivity index (χ4n) is 7.92. The van der Waals surface area contributed by atoms with Crippen LogP contribution in [0.3, 0.4) is 0 Å². The maximum absolute atomic E-state index is 15.3. The molecule has 4 fully saturated rings. The summed E-state index contributed by atoms with van der Waals surface area (Å²) in [6, 6.07) is 16.5. The second-order valence-electron chi connectivity index (χ2n) is 14.4. The van der Waals surface area contributed by atoms with Gasteiger partial charge in [0.1, 0.15) is 41.0 Å². The topological polar surface area (TPSA) is 108 Å². The zero-order chi connectivity index (χ0) is 37.9. The minimum atomic E-state index is -0.523. The van der Waals surface area contributed by atoms with Gasteiger partial charge in [0.05, 0.1) is 36.8 Å². The summed E-state index contributed by atoms with van der Waals surface area (Å²) in [5, 5.41) is 7.90. The molecule has 1 atom stereocenters. The molecule has 1 aliphatic carbocycles. The molecule has 3 aromatic carbocycles. The first-order valence-electron chi connectivity index (χ1n) is 19.0. The molecule has 55 heavy (non-hydrogen) atoms. The Morgan fingerprint density at radius 2 is 1.62 bits per heavy atom. The number of nitrogens with one attached hydrogen (secondary N) is 2. The van der Waals surface area contributed by atoms with E-state index in [0.717, 1.165) is 63.8 Å². The highest BCUT2D eigenvalue weighted by atomic mass is 19.1. The van der Waals surface area contributed by atoms with Gasteiger partial charge in [-0.15, -0.1) is 0 Å². The molecule has 8 rings (SSSR count). The van der Waals surface area contributed by atoms with E-state index in [1.54, 1.807) is 36.4 Å². The minimum absolute atomic E-state index is 0.303. The maximum Gasteiger partial charge on any atom is 0.247 e. The van der Waals surface area contributed by atoms with E-state index in [1.807, 2.05) is 12.1 Å². The Balaban J connectivity index is 0.990. The van der Waals surface area contributed by atoms with E-state index < -0.39 is 17.7 Å². The van der Waals surface area contributed by atoms with Crippen molar-refractivity contribution in [3.05, 3.63) is 96.8 Å². The molecule has 3 saturated heterocycles. The molecule has 1 amide bonds. The fourth-order valence-corrected chi connectivity index (χ4v) is 7.92. The number of nitrogens with zero attached hydrogens (tertiary/aromatic N) is 6. The molecule has 2 N–H and O–H groups in total. The number of amides is 1. The second kappa shape index (κ2) is 16.2. The van der Waals surface area contributed by atoms with Crippen LogP contribution in [0.5, 0.6) is 17.2 Å². The fraction of sp³-hybridized carbons (Fsp3) is 0.390. The van der Waals surface area contributed by atoms with Gasteiger partial charge >= 0.3 is 0 Å². The average Bonchev–Trinajstić information content (AvgIpc) is 3.95. The number of piperidine rings is 1. The van der Waals surface area contributed by atoms with Gasteiger partial charge in [0.25, 0.3) is 0 Å². The molecular weight excluding hydrogens is 706 g/mol. The van der Waals surface area contributed by atoms with E-state index in [-0.39, 0.29) is 5.91 Å². The standard InChI is InChI=1S/C41H46F2N8O4/c1-3-41(52)47-34-23-35(38(53-2)24-37(34)50-14-11-29(12-15-50)49-18-16-48(17-19-49)28-7-8-28)46-39-25-40(45-26-44-39)51-36(13-20-54-51)32-22-31(9-10-33(32)43)55-30-6-4-5-27(42)21-30/h3-6,9-10,21-26,28-29,36H,1,7-8,11-20H2,2H3,(H,47,52)(H,44,45,46)/t36-/m1/s1. The van der Waals surface area contributed by atoms with Crippen molar-refractivity contribution in [1.82, 2.24) is 19.8 Å². The van der Waals surface area contributed by atoms with Crippen molar-refractivity contribution in [2.24, 2.45) is 0 Å². The number of aromatic nitrogens is 2. The van der Waals surface area contributed by atoms with Gasteiger partial charge in [-0.25, -0.2) is 23.8 Å². The minimum Gasteiger partial charge on any atom is -0.494 e. The largest absolute Gasteiger partial charge is 0.494 e. The van der Waals surface area contributed by atoms with Crippen molar-refractivity contribution < 1.29 is 27.9 Å². The molecule has 0 spiro atoms. The van der Waals surface area contributed by atoms with Crippen LogP contribution in [0.4, 0.5) is 37.5 Å². The lowest BCUT2D eigenvalue weighted by Crippen LogP contribution is -2.53. The number of anilines is 5. The molecule has 12 nitrogen and oxygen atoms in total. The summed E-state index contributed by atoms with van der Waals surface area (Å²) < 4.78 is 40.8. The van der Waals surface area contributed by atoms with Crippen molar-refractivity contribution in [2.75, 3.05) is 73.6 Å². The van der Waals surface area contributed by atoms with Gasteiger partial charge in [-0.1, -0.05) is 12.6 Å². The SMILES string of the molecule is C=CC(=O)Nc1cc(Nc2cc(N3OCC[C@@H]3c3cc(Oc4cccc(F)c4)ccc3F)ncn2)c(OC)cc1N1CCC(N2CCN(C3CC3)CC2)CC1. The molecule has 0 radical (unpaired) electrons. The monoisotopic (exact) mass is 752 g/mol. The molecule has 4 aliphatic rings. The Hall–Kier alpha value is -5.31. The van der Waals surface area contributed by atoms with Crippen LogP contribution >= 0.6 is 0 Å². The predicted octanol–water partition coefficient (Wildman–Crippen LogP) is 7.06. The van der Waals surface area contributed by atoms with Crippen molar-refractivity contribution in [2.45, 2.75) is 50.2 Å². The van der Waals surface area contributed by atoms with E-state index in [0.29, 0.717) is 64.9 Å². The number of hydrogen-bond donors (Lipinski definition) is 2. The van der Waals surface area contributed by atoms with E-state index in [9.17, 15) is 9.18 Å². The Morgan fingerprint density at radius 1 is 0.873 bits per heavy atom. The van der Waals surface area contributed by atoms with Crippen LogP contribution in [0.25, 0.3) is 0 Å². The molecule has 1 aromatic heterocycles. The predicted molar refractivity (Wildman–Crippen MR) is 207 cm³/mol. The zero-order valence-corrected chi connectivity index (χ0v) is 30.9. The van der Waals surface area contributed by atoms with Crippen LogP contribution < -0.4 is 30.1 Å². The molecule has 3 aliphatic heterocycles. The molecular formula is C41H46F2N8O4. The van der Waals surface area contributed by atoms with E-state index in [4.69, 9.17) is 14.3 Å². The number of hydrogen-bond acceptors (Lipinski definition) is 11. The molecule has 1 saturated carbocycles. The number of halogens is 2. The van der Waals surface area contributed by atoms with Crippen LogP contribution in [0, 0.1) is 11.6 Å². The number of benzene rings is 3. The molecule has 288 valence electrons. The number of hydroxylamine groups is 1. The van der Waals surface area contributed by atoms with Gasteiger partial charge in [0.15, 0.2) is 5.82 Å². The van der Waals surface area contributed by atoms with Crippen LogP contribution in [0.15, 0.2) is 79.6 Å². The normalized spacial score (nSPS) is 19.7. The summed E-state index contributed by atoms with van der Waals surface area (Å²) in [7, 11) is 1.61. The first-order chi connectivity index (χ1) is 26.8. The van der Waals surface area contributed by atoms with Crippen molar-refractivity contribution in [3.8, 4) is 17.2 Å². The van der Waals surface area contributed by atoms with Gasteiger partial charge < -0.3 is 25.0 Å². The summed E-state index contributed by atoms with van der Waals surface area (Å²) >= 11 is 0. The molecule has 0 unspecified atom stereocenters.